The number of nitrogens with one attached hydrogen (secondary N) is 1. The molecule has 1 heterocycles. The first kappa shape index (κ1) is 15.6. The van der Waals surface area contributed by atoms with Gasteiger partial charge in [0.05, 0.1) is 25.5 Å². The van der Waals surface area contributed by atoms with Crippen LogP contribution >= 0.6 is 0 Å². The first-order valence-electron chi connectivity index (χ1n) is 7.18. The van der Waals surface area contributed by atoms with Gasteiger partial charge in [-0.25, -0.2) is 4.68 Å². The number of hydrogen-bond acceptors (Lipinski definition) is 5. The molecule has 0 fully saturated rings. The third-order valence-corrected chi connectivity index (χ3v) is 3.12. The van der Waals surface area contributed by atoms with Gasteiger partial charge in [0.2, 0.25) is 0 Å². The Labute approximate surface area is 124 Å². The van der Waals surface area contributed by atoms with Crippen molar-refractivity contribution in [1.82, 2.24) is 20.3 Å². The summed E-state index contributed by atoms with van der Waals surface area (Å²) in [5, 5.41) is 20.2. The molecule has 1 aromatic carbocycles. The van der Waals surface area contributed by atoms with Gasteiger partial charge < -0.3 is 15.2 Å². The molecule has 0 saturated heterocycles. The second-order valence-electron chi connectivity index (χ2n) is 4.71. The number of aliphatic hydroxyl groups excluding tert-OH is 1. The topological polar surface area (TPSA) is 72.2 Å². The van der Waals surface area contributed by atoms with Gasteiger partial charge in [0.1, 0.15) is 0 Å². The summed E-state index contributed by atoms with van der Waals surface area (Å²) in [6, 6.07) is 8.25. The van der Waals surface area contributed by atoms with Gasteiger partial charge in [0.15, 0.2) is 0 Å². The summed E-state index contributed by atoms with van der Waals surface area (Å²) in [6.45, 7) is 5.31. The smallest absolute Gasteiger partial charge is 0.0964 e. The molecule has 0 unspecified atom stereocenters. The van der Waals surface area contributed by atoms with Crippen molar-refractivity contribution in [3.8, 4) is 0 Å². The van der Waals surface area contributed by atoms with Crippen LogP contribution in [0.4, 0.5) is 0 Å². The molecule has 6 nitrogen and oxygen atoms in total. The summed E-state index contributed by atoms with van der Waals surface area (Å²) in [7, 11) is 0. The number of ether oxygens (including phenoxy) is 1. The predicted molar refractivity (Wildman–Crippen MR) is 79.4 cm³/mol. The molecule has 2 N–H and O–H groups in total. The lowest BCUT2D eigenvalue weighted by Gasteiger charge is -2.09. The van der Waals surface area contributed by atoms with E-state index < -0.39 is 0 Å². The van der Waals surface area contributed by atoms with Gasteiger partial charge in [-0.2, -0.15) is 0 Å². The normalized spacial score (nSPS) is 11.0. The molecular weight excluding hydrogens is 268 g/mol. The second kappa shape index (κ2) is 8.51. The van der Waals surface area contributed by atoms with E-state index in [4.69, 9.17) is 9.84 Å². The molecule has 1 aromatic heterocycles. The van der Waals surface area contributed by atoms with E-state index in [1.165, 1.54) is 11.1 Å². The van der Waals surface area contributed by atoms with E-state index in [2.05, 4.69) is 27.8 Å². The highest BCUT2D eigenvalue weighted by Gasteiger charge is 2.03. The van der Waals surface area contributed by atoms with Crippen LogP contribution in [0.1, 0.15) is 23.7 Å². The van der Waals surface area contributed by atoms with Gasteiger partial charge in [-0.05, 0) is 18.1 Å². The van der Waals surface area contributed by atoms with E-state index in [1.54, 1.807) is 4.68 Å². The van der Waals surface area contributed by atoms with Crippen molar-refractivity contribution in [1.29, 1.82) is 0 Å². The van der Waals surface area contributed by atoms with Crippen LogP contribution in [0.25, 0.3) is 0 Å². The zero-order chi connectivity index (χ0) is 14.9. The number of benzene rings is 1. The molecule has 6 heteroatoms. The minimum atomic E-state index is 0.0705. The standard InChI is InChI=1S/C15H22N4O2/c1-2-21-12-14-6-4-3-5-13(14)9-16-10-15-11-19(7-8-20)18-17-15/h3-6,11,16,20H,2,7-10,12H2,1H3. The summed E-state index contributed by atoms with van der Waals surface area (Å²) >= 11 is 0. The van der Waals surface area contributed by atoms with E-state index in [-0.39, 0.29) is 6.61 Å². The largest absolute Gasteiger partial charge is 0.394 e. The Bertz CT molecular complexity index is 542. The third-order valence-electron chi connectivity index (χ3n) is 3.12. The summed E-state index contributed by atoms with van der Waals surface area (Å²) in [5.74, 6) is 0. The molecule has 2 rings (SSSR count). The molecule has 0 spiro atoms. The zero-order valence-electron chi connectivity index (χ0n) is 12.3. The Hall–Kier alpha value is -1.76. The first-order valence-corrected chi connectivity index (χ1v) is 7.18. The number of rotatable bonds is 9. The first-order chi connectivity index (χ1) is 10.3. The van der Waals surface area contributed by atoms with Crippen LogP contribution in [-0.4, -0.2) is 33.3 Å². The summed E-state index contributed by atoms with van der Waals surface area (Å²) < 4.78 is 7.12. The van der Waals surface area contributed by atoms with Crippen molar-refractivity contribution >= 4 is 0 Å². The summed E-state index contributed by atoms with van der Waals surface area (Å²) in [5.41, 5.74) is 3.30. The van der Waals surface area contributed by atoms with Crippen LogP contribution in [0.3, 0.4) is 0 Å². The molecule has 0 saturated carbocycles. The minimum absolute atomic E-state index is 0.0705. The molecule has 0 aliphatic carbocycles. The fraction of sp³-hybridized carbons (Fsp3) is 0.467. The molecule has 0 atom stereocenters. The molecule has 21 heavy (non-hydrogen) atoms. The maximum Gasteiger partial charge on any atom is 0.0964 e. The monoisotopic (exact) mass is 290 g/mol. The molecule has 0 bridgehead atoms. The Morgan fingerprint density at radius 1 is 1.24 bits per heavy atom. The Morgan fingerprint density at radius 3 is 2.81 bits per heavy atom. The highest BCUT2D eigenvalue weighted by atomic mass is 16.5. The van der Waals surface area contributed by atoms with Gasteiger partial charge in [-0.1, -0.05) is 29.5 Å². The quantitative estimate of drug-likeness (QED) is 0.723. The van der Waals surface area contributed by atoms with Crippen LogP contribution in [-0.2, 0) is 31.0 Å². The maximum atomic E-state index is 8.84. The van der Waals surface area contributed by atoms with E-state index in [9.17, 15) is 0 Å². The van der Waals surface area contributed by atoms with E-state index in [0.29, 0.717) is 19.7 Å². The molecule has 0 amide bonds. The van der Waals surface area contributed by atoms with Gasteiger partial charge in [-0.3, -0.25) is 0 Å². The Morgan fingerprint density at radius 2 is 2.05 bits per heavy atom. The predicted octanol–water partition coefficient (Wildman–Crippen LogP) is 1.10. The third kappa shape index (κ3) is 4.93. The Kier molecular flexibility index (Phi) is 6.33. The lowest BCUT2D eigenvalue weighted by Crippen LogP contribution is -2.14. The van der Waals surface area contributed by atoms with E-state index >= 15 is 0 Å². The molecule has 0 radical (unpaired) electrons. The van der Waals surface area contributed by atoms with Crippen LogP contribution < -0.4 is 5.32 Å². The van der Waals surface area contributed by atoms with Crippen molar-refractivity contribution < 1.29 is 9.84 Å². The number of aliphatic hydroxyl groups is 1. The minimum Gasteiger partial charge on any atom is -0.394 e. The van der Waals surface area contributed by atoms with Crippen LogP contribution in [0, 0.1) is 0 Å². The second-order valence-corrected chi connectivity index (χ2v) is 4.71. The summed E-state index contributed by atoms with van der Waals surface area (Å²) in [4.78, 5) is 0. The van der Waals surface area contributed by atoms with Gasteiger partial charge in [0.25, 0.3) is 0 Å². The van der Waals surface area contributed by atoms with Crippen molar-refractivity contribution in [2.24, 2.45) is 0 Å². The molecule has 0 aliphatic heterocycles. The van der Waals surface area contributed by atoms with Gasteiger partial charge in [0, 0.05) is 25.9 Å². The van der Waals surface area contributed by atoms with Gasteiger partial charge >= 0.3 is 0 Å². The zero-order valence-corrected chi connectivity index (χ0v) is 12.3. The molecule has 114 valence electrons. The van der Waals surface area contributed by atoms with Crippen molar-refractivity contribution in [3.63, 3.8) is 0 Å². The lowest BCUT2D eigenvalue weighted by molar-refractivity contribution is 0.133. The van der Waals surface area contributed by atoms with Crippen molar-refractivity contribution in [2.45, 2.75) is 33.2 Å². The molecule has 0 aliphatic rings. The van der Waals surface area contributed by atoms with Crippen molar-refractivity contribution in [3.05, 3.63) is 47.3 Å². The molecule has 2 aromatic rings. The number of hydrogen-bond donors (Lipinski definition) is 2. The van der Waals surface area contributed by atoms with Crippen molar-refractivity contribution in [2.75, 3.05) is 13.2 Å². The lowest BCUT2D eigenvalue weighted by atomic mass is 10.1. The Balaban J connectivity index is 1.84. The summed E-state index contributed by atoms with van der Waals surface area (Å²) in [6.07, 6.45) is 1.84. The maximum absolute atomic E-state index is 8.84. The number of nitrogens with zero attached hydrogens (tertiary/aromatic N) is 3. The average Bonchev–Trinajstić information content (AvgIpc) is 2.94. The SMILES string of the molecule is CCOCc1ccccc1CNCc1cn(CCO)nn1. The fourth-order valence-electron chi connectivity index (χ4n) is 2.04. The van der Waals surface area contributed by atoms with E-state index in [0.717, 1.165) is 18.8 Å². The molecular formula is C15H22N4O2. The fourth-order valence-corrected chi connectivity index (χ4v) is 2.04. The average molecular weight is 290 g/mol. The highest BCUT2D eigenvalue weighted by molar-refractivity contribution is 5.26. The van der Waals surface area contributed by atoms with Crippen LogP contribution in [0.15, 0.2) is 30.5 Å². The van der Waals surface area contributed by atoms with Crippen LogP contribution in [0.2, 0.25) is 0 Å². The van der Waals surface area contributed by atoms with Gasteiger partial charge in [-0.15, -0.1) is 5.10 Å². The van der Waals surface area contributed by atoms with E-state index in [1.807, 2.05) is 25.3 Å². The highest BCUT2D eigenvalue weighted by Crippen LogP contribution is 2.10. The number of aromatic nitrogens is 3. The van der Waals surface area contributed by atoms with Crippen LogP contribution in [0.5, 0.6) is 0 Å².